The van der Waals surface area contributed by atoms with Gasteiger partial charge in [0.05, 0.1) is 20.9 Å². The summed E-state index contributed by atoms with van der Waals surface area (Å²) < 4.78 is 74.0. The second kappa shape index (κ2) is 22.3. The molecule has 282 valence electrons. The Kier molecular flexibility index (Phi) is 20.5. The molecule has 0 saturated heterocycles. The van der Waals surface area contributed by atoms with E-state index in [0.717, 1.165) is 0 Å². The first kappa shape index (κ1) is 47.0. The van der Waals surface area contributed by atoms with Gasteiger partial charge in [0.15, 0.2) is 6.17 Å². The molecule has 0 aliphatic carbocycles. The van der Waals surface area contributed by atoms with Gasteiger partial charge in [-0.1, -0.05) is 39.0 Å². The fraction of sp³-hybridized carbons (Fsp3) is 0.486. The maximum atomic E-state index is 14.0. The minimum Gasteiger partial charge on any atom is -0.289 e. The van der Waals surface area contributed by atoms with Crippen LogP contribution in [0.15, 0.2) is 77.2 Å². The average Bonchev–Trinajstić information content (AvgIpc) is 3.07. The third kappa shape index (κ3) is 16.7. The number of rotatable bonds is 11. The van der Waals surface area contributed by atoms with E-state index in [2.05, 4.69) is 71.5 Å². The van der Waals surface area contributed by atoms with Crippen LogP contribution in [0.1, 0.15) is 103 Å². The van der Waals surface area contributed by atoms with Gasteiger partial charge in [0, 0.05) is 0 Å². The summed E-state index contributed by atoms with van der Waals surface area (Å²) in [6.07, 6.45) is -3.25. The predicted molar refractivity (Wildman–Crippen MR) is 215 cm³/mol. The van der Waals surface area contributed by atoms with E-state index >= 15 is 0 Å². The molecule has 51 heavy (non-hydrogen) atoms. The van der Waals surface area contributed by atoms with Crippen LogP contribution < -0.4 is 0 Å². The van der Waals surface area contributed by atoms with E-state index in [-0.39, 0.29) is 36.4 Å². The van der Waals surface area contributed by atoms with E-state index in [1.54, 1.807) is 111 Å². The minimum absolute atomic E-state index is 0.150. The van der Waals surface area contributed by atoms with Crippen LogP contribution in [0, 0.1) is 0 Å². The predicted octanol–water partition coefficient (Wildman–Crippen LogP) is 10.5. The number of aromatic nitrogens is 3. The summed E-state index contributed by atoms with van der Waals surface area (Å²) in [5, 5.41) is 0. The van der Waals surface area contributed by atoms with Crippen LogP contribution >= 0.6 is 47.8 Å². The molecule has 3 aromatic heterocycles. The minimum atomic E-state index is -1.50. The van der Waals surface area contributed by atoms with E-state index in [1.807, 2.05) is 0 Å². The summed E-state index contributed by atoms with van der Waals surface area (Å²) in [6, 6.07) is 15.2. The van der Waals surface area contributed by atoms with E-state index in [0.29, 0.717) is 25.2 Å². The summed E-state index contributed by atoms with van der Waals surface area (Å²) in [7, 11) is -3.01. The van der Waals surface area contributed by atoms with Crippen LogP contribution in [-0.2, 0) is 22.0 Å². The molecule has 0 aliphatic heterocycles. The standard InChI is InChI=1S/2C13H18BrFN2OS.C9H9BrFNO/c2*1-5-9(15)12(17-19(18)13(2,3)4)10-7-6-8-11(14)16-10;1-2-6(11)9(13)7-4-3-5-8(10)12-7/h2*6-9H,5H2,1-4H3;3-6H,2H2,1H3/t9-,19+;9-,19-;/m01./s1. The molecule has 3 aromatic rings. The second-order valence-corrected chi connectivity index (χ2v) is 19.0. The molecule has 0 aromatic carbocycles. The smallest absolute Gasteiger partial charge is 0.215 e. The maximum absolute atomic E-state index is 14.0. The molecule has 0 spiro atoms. The first-order valence-corrected chi connectivity index (χ1v) is 20.6. The molecular weight excluding hydrogens is 899 g/mol. The van der Waals surface area contributed by atoms with Crippen molar-refractivity contribution in [3.63, 3.8) is 0 Å². The number of Topliss-reactive ketones (excluding diaryl/α,β-unsaturated/α-hetero) is 1. The summed E-state index contributed by atoms with van der Waals surface area (Å²) in [6.45, 7) is 15.9. The fourth-order valence-corrected chi connectivity index (χ4v) is 5.71. The zero-order chi connectivity index (χ0) is 39.1. The number of hydrogen-bond donors (Lipinski definition) is 0. The first-order chi connectivity index (χ1) is 23.7. The van der Waals surface area contributed by atoms with Gasteiger partial charge >= 0.3 is 0 Å². The Morgan fingerprint density at radius 3 is 1.18 bits per heavy atom. The number of carbonyl (C=O) groups is 1. The van der Waals surface area contributed by atoms with Gasteiger partial charge in [0.1, 0.15) is 65.2 Å². The van der Waals surface area contributed by atoms with Crippen LogP contribution in [0.3, 0.4) is 0 Å². The molecule has 0 bridgehead atoms. The lowest BCUT2D eigenvalue weighted by molar-refractivity contribution is 0.0868. The van der Waals surface area contributed by atoms with Crippen molar-refractivity contribution in [1.82, 2.24) is 15.0 Å². The van der Waals surface area contributed by atoms with Gasteiger partial charge in [0.2, 0.25) is 5.78 Å². The third-order valence-electron chi connectivity index (χ3n) is 6.29. The Morgan fingerprint density at radius 1 is 0.608 bits per heavy atom. The Balaban J connectivity index is 0.000000390. The average molecular weight is 945 g/mol. The number of hydrogen-bond acceptors (Lipinski definition) is 6. The van der Waals surface area contributed by atoms with Crippen LogP contribution in [0.25, 0.3) is 0 Å². The molecule has 0 N–H and O–H groups in total. The summed E-state index contributed by atoms with van der Waals surface area (Å²) >= 11 is 9.60. The van der Waals surface area contributed by atoms with Crippen molar-refractivity contribution in [3.05, 3.63) is 85.5 Å². The number of ketones is 1. The number of pyridine rings is 3. The second-order valence-electron chi connectivity index (χ2n) is 12.7. The zero-order valence-corrected chi connectivity index (χ0v) is 36.5. The van der Waals surface area contributed by atoms with E-state index in [1.165, 1.54) is 6.07 Å². The van der Waals surface area contributed by atoms with E-state index in [9.17, 15) is 26.4 Å². The molecule has 8 nitrogen and oxygen atoms in total. The molecule has 1 unspecified atom stereocenters. The molecule has 3 rings (SSSR count). The lowest BCUT2D eigenvalue weighted by Gasteiger charge is -2.16. The Bertz CT molecular complexity index is 1610. The van der Waals surface area contributed by atoms with Gasteiger partial charge in [-0.2, -0.15) is 8.80 Å². The van der Waals surface area contributed by atoms with Gasteiger partial charge in [-0.15, -0.1) is 0 Å². The topological polar surface area (TPSA) is 115 Å². The van der Waals surface area contributed by atoms with Crippen molar-refractivity contribution in [3.8, 4) is 0 Å². The quantitative estimate of drug-likeness (QED) is 0.107. The molecule has 16 heteroatoms. The van der Waals surface area contributed by atoms with E-state index < -0.39 is 55.8 Å². The maximum Gasteiger partial charge on any atom is 0.215 e. The monoisotopic (exact) mass is 941 g/mol. The summed E-state index contributed by atoms with van der Waals surface area (Å²) in [5.41, 5.74) is 1.31. The van der Waals surface area contributed by atoms with Crippen molar-refractivity contribution in [1.29, 1.82) is 0 Å². The van der Waals surface area contributed by atoms with Crippen molar-refractivity contribution in [2.75, 3.05) is 0 Å². The molecule has 0 aliphatic rings. The van der Waals surface area contributed by atoms with Crippen molar-refractivity contribution in [2.24, 2.45) is 8.80 Å². The van der Waals surface area contributed by atoms with Gasteiger partial charge in [-0.25, -0.2) is 36.5 Å². The number of carbonyl (C=O) groups excluding carboxylic acids is 1. The van der Waals surface area contributed by atoms with Crippen LogP contribution in [0.5, 0.6) is 0 Å². The molecule has 3 heterocycles. The summed E-state index contributed by atoms with van der Waals surface area (Å²) in [5.74, 6) is -0.552. The van der Waals surface area contributed by atoms with Gasteiger partial charge in [-0.05, 0) is 145 Å². The van der Waals surface area contributed by atoms with Gasteiger partial charge < -0.3 is 0 Å². The number of nitrogens with zero attached hydrogens (tertiary/aromatic N) is 5. The SMILES string of the molecule is CCC(F)C(=O)c1cccc(Br)n1.CC[C@@H](F)C(=N[S@](=O)C(C)(C)C)c1cccc(Br)n1.CC[C@H](F)C(=N[S@](=O)C(C)(C)C)c1cccc(Br)n1. The van der Waals surface area contributed by atoms with Crippen LogP contribution in [0.2, 0.25) is 0 Å². The molecular formula is C35H45Br3F3N5O3S2. The molecule has 0 radical (unpaired) electrons. The first-order valence-electron chi connectivity index (χ1n) is 16.0. The Hall–Kier alpha value is -2.01. The fourth-order valence-electron chi connectivity index (χ4n) is 3.36. The molecule has 0 amide bonds. The Morgan fingerprint density at radius 2 is 0.902 bits per heavy atom. The van der Waals surface area contributed by atoms with Gasteiger partial charge in [-0.3, -0.25) is 4.79 Å². The van der Waals surface area contributed by atoms with Crippen LogP contribution in [0.4, 0.5) is 13.2 Å². The molecule has 0 saturated carbocycles. The zero-order valence-electron chi connectivity index (χ0n) is 30.1. The van der Waals surface area contributed by atoms with Gasteiger partial charge in [0.25, 0.3) is 0 Å². The highest BCUT2D eigenvalue weighted by atomic mass is 79.9. The molecule has 5 atom stereocenters. The van der Waals surface area contributed by atoms with Crippen molar-refractivity contribution in [2.45, 2.75) is 110 Å². The highest BCUT2D eigenvalue weighted by molar-refractivity contribution is 9.11. The highest BCUT2D eigenvalue weighted by Gasteiger charge is 2.25. The van der Waals surface area contributed by atoms with Crippen molar-refractivity contribution < 1.29 is 26.4 Å². The van der Waals surface area contributed by atoms with Crippen LogP contribution in [-0.4, -0.2) is 68.6 Å². The lowest BCUT2D eigenvalue weighted by atomic mass is 10.1. The normalized spacial score (nSPS) is 15.3. The largest absolute Gasteiger partial charge is 0.289 e. The lowest BCUT2D eigenvalue weighted by Crippen LogP contribution is -2.25. The Labute approximate surface area is 330 Å². The summed E-state index contributed by atoms with van der Waals surface area (Å²) in [4.78, 5) is 23.5. The van der Waals surface area contributed by atoms with E-state index in [4.69, 9.17) is 0 Å². The number of halogens is 6. The highest BCUT2D eigenvalue weighted by Crippen LogP contribution is 2.20. The third-order valence-corrected chi connectivity index (χ3v) is 10.4. The van der Waals surface area contributed by atoms with Crippen molar-refractivity contribution >= 4 is 87.0 Å². The number of alkyl halides is 3. The molecule has 0 fully saturated rings.